The maximum Gasteiger partial charge on any atom is 0.254 e. The number of carbonyl (C=O) groups excluding carboxylic acids is 1. The molecule has 2 aromatic carbocycles. The van der Waals surface area contributed by atoms with E-state index in [1.165, 1.54) is 12.1 Å². The topological polar surface area (TPSA) is 29.1 Å². The zero-order valence-corrected chi connectivity index (χ0v) is 11.9. The van der Waals surface area contributed by atoms with E-state index in [0.717, 1.165) is 16.7 Å². The lowest BCUT2D eigenvalue weighted by molar-refractivity contribution is 0.0935. The minimum absolute atomic E-state index is 0.0738. The van der Waals surface area contributed by atoms with E-state index in [-0.39, 0.29) is 11.6 Å². The highest BCUT2D eigenvalue weighted by Gasteiger charge is 2.15. The van der Waals surface area contributed by atoms with Gasteiger partial charge in [-0.3, -0.25) is 4.79 Å². The van der Waals surface area contributed by atoms with E-state index in [0.29, 0.717) is 0 Å². The van der Waals surface area contributed by atoms with Crippen LogP contribution in [-0.4, -0.2) is 5.91 Å². The van der Waals surface area contributed by atoms with Crippen molar-refractivity contribution < 1.29 is 9.18 Å². The molecule has 2 rings (SSSR count). The first-order valence-electron chi connectivity index (χ1n) is 6.61. The third-order valence-electron chi connectivity index (χ3n) is 3.37. The number of amides is 1. The molecule has 0 unspecified atom stereocenters. The van der Waals surface area contributed by atoms with Crippen LogP contribution in [0.1, 0.15) is 40.0 Å². The Kier molecular flexibility index (Phi) is 4.18. The molecule has 2 nitrogen and oxygen atoms in total. The van der Waals surface area contributed by atoms with Crippen molar-refractivity contribution in [2.75, 3.05) is 0 Å². The maximum atomic E-state index is 13.6. The van der Waals surface area contributed by atoms with Gasteiger partial charge in [-0.25, -0.2) is 4.39 Å². The summed E-state index contributed by atoms with van der Waals surface area (Å²) in [5, 5.41) is 2.84. The number of nitrogens with one attached hydrogen (secondary N) is 1. The standard InChI is InChI=1S/C17H18FNO/c1-11-8-9-12(2)15(10-11)13(3)19-17(20)14-6-4-5-7-16(14)18/h4-10,13H,1-3H3,(H,19,20)/t13-/m0/s1. The summed E-state index contributed by atoms with van der Waals surface area (Å²) in [6.45, 7) is 5.91. The summed E-state index contributed by atoms with van der Waals surface area (Å²) in [5.41, 5.74) is 3.37. The van der Waals surface area contributed by atoms with Crippen molar-refractivity contribution in [1.29, 1.82) is 0 Å². The Balaban J connectivity index is 2.19. The predicted molar refractivity (Wildman–Crippen MR) is 78.2 cm³/mol. The van der Waals surface area contributed by atoms with Gasteiger partial charge in [0.05, 0.1) is 11.6 Å². The fraction of sp³-hybridized carbons (Fsp3) is 0.235. The van der Waals surface area contributed by atoms with Crippen LogP contribution in [-0.2, 0) is 0 Å². The number of benzene rings is 2. The molecule has 0 spiro atoms. The maximum absolute atomic E-state index is 13.6. The molecular formula is C17H18FNO. The van der Waals surface area contributed by atoms with E-state index >= 15 is 0 Å². The summed E-state index contributed by atoms with van der Waals surface area (Å²) in [6, 6.07) is 11.9. The van der Waals surface area contributed by atoms with Crippen LogP contribution in [0.15, 0.2) is 42.5 Å². The number of aryl methyl sites for hydroxylation is 2. The second kappa shape index (κ2) is 5.87. The van der Waals surface area contributed by atoms with E-state index in [1.807, 2.05) is 39.0 Å². The molecule has 3 heteroatoms. The number of hydrogen-bond acceptors (Lipinski definition) is 1. The fourth-order valence-electron chi connectivity index (χ4n) is 2.22. The van der Waals surface area contributed by atoms with Crippen molar-refractivity contribution in [3.05, 3.63) is 70.5 Å². The van der Waals surface area contributed by atoms with Crippen molar-refractivity contribution in [2.45, 2.75) is 26.8 Å². The molecular weight excluding hydrogens is 253 g/mol. The molecule has 0 saturated carbocycles. The predicted octanol–water partition coefficient (Wildman–Crippen LogP) is 3.93. The summed E-state index contributed by atoms with van der Waals surface area (Å²) in [4.78, 5) is 12.1. The van der Waals surface area contributed by atoms with Crippen LogP contribution in [0.3, 0.4) is 0 Å². The molecule has 2 aromatic rings. The van der Waals surface area contributed by atoms with E-state index in [1.54, 1.807) is 12.1 Å². The van der Waals surface area contributed by atoms with Crippen LogP contribution in [0, 0.1) is 19.7 Å². The monoisotopic (exact) mass is 271 g/mol. The average molecular weight is 271 g/mol. The van der Waals surface area contributed by atoms with Crippen LogP contribution < -0.4 is 5.32 Å². The van der Waals surface area contributed by atoms with Gasteiger partial charge in [-0.2, -0.15) is 0 Å². The normalized spacial score (nSPS) is 12.0. The third-order valence-corrected chi connectivity index (χ3v) is 3.37. The molecule has 1 atom stereocenters. The van der Waals surface area contributed by atoms with Crippen molar-refractivity contribution in [3.63, 3.8) is 0 Å². The van der Waals surface area contributed by atoms with Gasteiger partial charge < -0.3 is 5.32 Å². The van der Waals surface area contributed by atoms with Gasteiger partial charge in [-0.1, -0.05) is 35.9 Å². The van der Waals surface area contributed by atoms with Crippen LogP contribution in [0.5, 0.6) is 0 Å². The highest BCUT2D eigenvalue weighted by Crippen LogP contribution is 2.19. The molecule has 0 radical (unpaired) electrons. The molecule has 1 N–H and O–H groups in total. The molecule has 20 heavy (non-hydrogen) atoms. The number of rotatable bonds is 3. The number of carbonyl (C=O) groups is 1. The molecule has 0 heterocycles. The largest absolute Gasteiger partial charge is 0.345 e. The lowest BCUT2D eigenvalue weighted by atomic mass is 9.99. The lowest BCUT2D eigenvalue weighted by Gasteiger charge is -2.17. The van der Waals surface area contributed by atoms with Gasteiger partial charge in [0.25, 0.3) is 5.91 Å². The molecule has 0 aliphatic heterocycles. The Labute approximate surface area is 118 Å². The van der Waals surface area contributed by atoms with Gasteiger partial charge in [0.15, 0.2) is 0 Å². The minimum Gasteiger partial charge on any atom is -0.345 e. The third kappa shape index (κ3) is 3.05. The van der Waals surface area contributed by atoms with Gasteiger partial charge in [0, 0.05) is 0 Å². The zero-order chi connectivity index (χ0) is 14.7. The first kappa shape index (κ1) is 14.3. The Morgan fingerprint density at radius 1 is 1.15 bits per heavy atom. The first-order valence-corrected chi connectivity index (χ1v) is 6.61. The fourth-order valence-corrected chi connectivity index (χ4v) is 2.22. The minimum atomic E-state index is -0.502. The molecule has 0 aromatic heterocycles. The number of halogens is 1. The summed E-state index contributed by atoms with van der Waals surface area (Å²) in [7, 11) is 0. The van der Waals surface area contributed by atoms with Gasteiger partial charge in [0.1, 0.15) is 5.82 Å². The highest BCUT2D eigenvalue weighted by atomic mass is 19.1. The zero-order valence-electron chi connectivity index (χ0n) is 11.9. The Morgan fingerprint density at radius 2 is 1.85 bits per heavy atom. The molecule has 0 aliphatic carbocycles. The smallest absolute Gasteiger partial charge is 0.254 e. The Morgan fingerprint density at radius 3 is 2.55 bits per heavy atom. The molecule has 0 bridgehead atoms. The van der Waals surface area contributed by atoms with Crippen LogP contribution in [0.25, 0.3) is 0 Å². The van der Waals surface area contributed by atoms with Crippen LogP contribution in [0.2, 0.25) is 0 Å². The van der Waals surface area contributed by atoms with Crippen molar-refractivity contribution in [2.24, 2.45) is 0 Å². The van der Waals surface area contributed by atoms with Gasteiger partial charge in [-0.15, -0.1) is 0 Å². The molecule has 1 amide bonds. The summed E-state index contributed by atoms with van der Waals surface area (Å²) in [6.07, 6.45) is 0. The van der Waals surface area contributed by atoms with E-state index in [4.69, 9.17) is 0 Å². The van der Waals surface area contributed by atoms with Gasteiger partial charge >= 0.3 is 0 Å². The first-order chi connectivity index (χ1) is 9.49. The quantitative estimate of drug-likeness (QED) is 0.900. The second-order valence-corrected chi connectivity index (χ2v) is 5.04. The Hall–Kier alpha value is -2.16. The van der Waals surface area contributed by atoms with Crippen molar-refractivity contribution in [3.8, 4) is 0 Å². The van der Waals surface area contributed by atoms with Gasteiger partial charge in [-0.05, 0) is 44.0 Å². The summed E-state index contributed by atoms with van der Waals surface area (Å²) in [5.74, 6) is -0.894. The van der Waals surface area contributed by atoms with E-state index in [9.17, 15) is 9.18 Å². The lowest BCUT2D eigenvalue weighted by Crippen LogP contribution is -2.27. The highest BCUT2D eigenvalue weighted by molar-refractivity contribution is 5.94. The van der Waals surface area contributed by atoms with Crippen molar-refractivity contribution in [1.82, 2.24) is 5.32 Å². The van der Waals surface area contributed by atoms with Crippen LogP contribution in [0.4, 0.5) is 4.39 Å². The molecule has 104 valence electrons. The molecule has 0 saturated heterocycles. The van der Waals surface area contributed by atoms with Crippen LogP contribution >= 0.6 is 0 Å². The van der Waals surface area contributed by atoms with Gasteiger partial charge in [0.2, 0.25) is 0 Å². The molecule has 0 aliphatic rings. The number of hydrogen-bond donors (Lipinski definition) is 1. The van der Waals surface area contributed by atoms with E-state index < -0.39 is 11.7 Å². The average Bonchev–Trinajstić information content (AvgIpc) is 2.41. The Bertz CT molecular complexity index is 637. The summed E-state index contributed by atoms with van der Waals surface area (Å²) < 4.78 is 13.6. The molecule has 0 fully saturated rings. The van der Waals surface area contributed by atoms with Crippen molar-refractivity contribution >= 4 is 5.91 Å². The van der Waals surface area contributed by atoms with E-state index in [2.05, 4.69) is 5.32 Å². The second-order valence-electron chi connectivity index (χ2n) is 5.04. The summed E-state index contributed by atoms with van der Waals surface area (Å²) >= 11 is 0. The SMILES string of the molecule is Cc1ccc(C)c([C@H](C)NC(=O)c2ccccc2F)c1.